The van der Waals surface area contributed by atoms with Gasteiger partial charge in [0.1, 0.15) is 0 Å². The SMILES string of the molecule is CC(=O)c1ccc(S(=O)(=O)N(C)CC(=O)NNC(=O)C2CC2)cc1. The number of hydrogen-bond donors (Lipinski definition) is 2. The number of amides is 2. The van der Waals surface area contributed by atoms with Crippen LogP contribution in [0.2, 0.25) is 0 Å². The van der Waals surface area contributed by atoms with Crippen molar-refractivity contribution in [1.29, 1.82) is 0 Å². The first kappa shape index (κ1) is 18.1. The fourth-order valence-corrected chi connectivity index (χ4v) is 3.07. The molecular formula is C15H19N3O5S. The Morgan fingerprint density at radius 1 is 1.12 bits per heavy atom. The Morgan fingerprint density at radius 3 is 2.21 bits per heavy atom. The zero-order valence-electron chi connectivity index (χ0n) is 13.4. The van der Waals surface area contributed by atoms with Crippen molar-refractivity contribution in [2.75, 3.05) is 13.6 Å². The number of carbonyl (C=O) groups is 3. The van der Waals surface area contributed by atoms with E-state index in [1.54, 1.807) is 0 Å². The van der Waals surface area contributed by atoms with Gasteiger partial charge in [-0.2, -0.15) is 4.31 Å². The maximum absolute atomic E-state index is 12.4. The summed E-state index contributed by atoms with van der Waals surface area (Å²) in [5.41, 5.74) is 4.86. The van der Waals surface area contributed by atoms with Gasteiger partial charge in [0.15, 0.2) is 5.78 Å². The third-order valence-corrected chi connectivity index (χ3v) is 5.43. The summed E-state index contributed by atoms with van der Waals surface area (Å²) in [6.45, 7) is 0.942. The molecule has 0 unspecified atom stereocenters. The molecule has 0 radical (unpaired) electrons. The first-order valence-electron chi connectivity index (χ1n) is 7.38. The van der Waals surface area contributed by atoms with Gasteiger partial charge in [0.2, 0.25) is 15.9 Å². The van der Waals surface area contributed by atoms with Crippen molar-refractivity contribution in [3.63, 3.8) is 0 Å². The smallest absolute Gasteiger partial charge is 0.253 e. The second-order valence-corrected chi connectivity index (χ2v) is 7.70. The summed E-state index contributed by atoms with van der Waals surface area (Å²) in [5, 5.41) is 0. The largest absolute Gasteiger partial charge is 0.295 e. The second-order valence-electron chi connectivity index (χ2n) is 5.65. The molecule has 0 heterocycles. The Bertz CT molecular complexity index is 754. The van der Waals surface area contributed by atoms with Crippen molar-refractivity contribution >= 4 is 27.6 Å². The lowest BCUT2D eigenvalue weighted by molar-refractivity contribution is -0.129. The first-order valence-corrected chi connectivity index (χ1v) is 8.82. The fourth-order valence-electron chi connectivity index (χ4n) is 1.95. The van der Waals surface area contributed by atoms with Gasteiger partial charge in [0, 0.05) is 18.5 Å². The molecule has 2 rings (SSSR count). The average Bonchev–Trinajstić information content (AvgIpc) is 3.37. The van der Waals surface area contributed by atoms with Crippen LogP contribution in [0.15, 0.2) is 29.2 Å². The van der Waals surface area contributed by atoms with Gasteiger partial charge >= 0.3 is 0 Å². The predicted molar refractivity (Wildman–Crippen MR) is 85.3 cm³/mol. The molecule has 0 aliphatic heterocycles. The van der Waals surface area contributed by atoms with Crippen LogP contribution in [0.5, 0.6) is 0 Å². The monoisotopic (exact) mass is 353 g/mol. The van der Waals surface area contributed by atoms with Gasteiger partial charge in [-0.05, 0) is 31.9 Å². The van der Waals surface area contributed by atoms with Crippen LogP contribution < -0.4 is 10.9 Å². The fraction of sp³-hybridized carbons (Fsp3) is 0.400. The maximum Gasteiger partial charge on any atom is 0.253 e. The summed E-state index contributed by atoms with van der Waals surface area (Å²) in [6, 6.07) is 5.46. The minimum absolute atomic E-state index is 0.0233. The van der Waals surface area contributed by atoms with Crippen molar-refractivity contribution in [3.05, 3.63) is 29.8 Å². The number of hydrogen-bond acceptors (Lipinski definition) is 5. The highest BCUT2D eigenvalue weighted by Gasteiger charge is 2.30. The van der Waals surface area contributed by atoms with Crippen molar-refractivity contribution in [1.82, 2.24) is 15.2 Å². The number of carbonyl (C=O) groups excluding carboxylic acids is 3. The number of Topliss-reactive ketones (excluding diaryl/α,β-unsaturated/α-hetero) is 1. The van der Waals surface area contributed by atoms with E-state index in [0.29, 0.717) is 5.56 Å². The molecular weight excluding hydrogens is 334 g/mol. The molecule has 2 amide bonds. The molecule has 130 valence electrons. The second kappa shape index (κ2) is 7.10. The van der Waals surface area contributed by atoms with E-state index in [0.717, 1.165) is 17.1 Å². The maximum atomic E-state index is 12.4. The van der Waals surface area contributed by atoms with Gasteiger partial charge in [-0.3, -0.25) is 25.2 Å². The molecule has 0 saturated heterocycles. The number of benzene rings is 1. The molecule has 1 aromatic carbocycles. The standard InChI is InChI=1S/C15H19N3O5S/c1-10(19)11-5-7-13(8-6-11)24(22,23)18(2)9-14(20)16-17-15(21)12-3-4-12/h5-8,12H,3-4,9H2,1-2H3,(H,16,20)(H,17,21). The van der Waals surface area contributed by atoms with E-state index in [1.807, 2.05) is 0 Å². The zero-order chi connectivity index (χ0) is 17.9. The topological polar surface area (TPSA) is 113 Å². The van der Waals surface area contributed by atoms with Crippen LogP contribution in [-0.4, -0.2) is 43.9 Å². The summed E-state index contributed by atoms with van der Waals surface area (Å²) < 4.78 is 25.6. The van der Waals surface area contributed by atoms with Crippen LogP contribution in [-0.2, 0) is 19.6 Å². The van der Waals surface area contributed by atoms with Crippen molar-refractivity contribution in [2.45, 2.75) is 24.7 Å². The van der Waals surface area contributed by atoms with Gasteiger partial charge in [-0.15, -0.1) is 0 Å². The van der Waals surface area contributed by atoms with E-state index in [9.17, 15) is 22.8 Å². The number of rotatable bonds is 6. The van der Waals surface area contributed by atoms with E-state index in [4.69, 9.17) is 0 Å². The molecule has 24 heavy (non-hydrogen) atoms. The lowest BCUT2D eigenvalue weighted by Gasteiger charge is -2.17. The van der Waals surface area contributed by atoms with Gasteiger partial charge in [-0.1, -0.05) is 12.1 Å². The molecule has 1 aromatic rings. The van der Waals surface area contributed by atoms with E-state index >= 15 is 0 Å². The minimum Gasteiger partial charge on any atom is -0.295 e. The third-order valence-electron chi connectivity index (χ3n) is 3.61. The van der Waals surface area contributed by atoms with Crippen LogP contribution in [0.3, 0.4) is 0 Å². The molecule has 1 saturated carbocycles. The molecule has 2 N–H and O–H groups in total. The minimum atomic E-state index is -3.87. The summed E-state index contributed by atoms with van der Waals surface area (Å²) in [5.74, 6) is -1.14. The number of likely N-dealkylation sites (N-methyl/N-ethyl adjacent to an activating group) is 1. The Kier molecular flexibility index (Phi) is 5.35. The number of nitrogens with zero attached hydrogens (tertiary/aromatic N) is 1. The molecule has 0 bridgehead atoms. The Balaban J connectivity index is 1.95. The van der Waals surface area contributed by atoms with Crippen molar-refractivity contribution in [2.24, 2.45) is 5.92 Å². The highest BCUT2D eigenvalue weighted by atomic mass is 32.2. The summed E-state index contributed by atoms with van der Waals surface area (Å²) in [7, 11) is -2.61. The van der Waals surface area contributed by atoms with Crippen LogP contribution in [0.4, 0.5) is 0 Å². The molecule has 1 aliphatic carbocycles. The number of nitrogens with one attached hydrogen (secondary N) is 2. The molecule has 1 fully saturated rings. The lowest BCUT2D eigenvalue weighted by Crippen LogP contribution is -2.47. The number of sulfonamides is 1. The molecule has 0 spiro atoms. The van der Waals surface area contributed by atoms with Crippen LogP contribution in [0.1, 0.15) is 30.1 Å². The zero-order valence-corrected chi connectivity index (χ0v) is 14.2. The van der Waals surface area contributed by atoms with Gasteiger partial charge in [0.05, 0.1) is 11.4 Å². The third kappa shape index (κ3) is 4.39. The van der Waals surface area contributed by atoms with E-state index in [-0.39, 0.29) is 22.5 Å². The van der Waals surface area contributed by atoms with Crippen LogP contribution >= 0.6 is 0 Å². The summed E-state index contributed by atoms with van der Waals surface area (Å²) in [4.78, 5) is 34.4. The van der Waals surface area contributed by atoms with Crippen LogP contribution in [0, 0.1) is 5.92 Å². The van der Waals surface area contributed by atoms with Gasteiger partial charge in [-0.25, -0.2) is 8.42 Å². The highest BCUT2D eigenvalue weighted by molar-refractivity contribution is 7.89. The summed E-state index contributed by atoms with van der Waals surface area (Å²) in [6.07, 6.45) is 1.60. The Hall–Kier alpha value is -2.26. The molecule has 1 aliphatic rings. The van der Waals surface area contributed by atoms with Crippen LogP contribution in [0.25, 0.3) is 0 Å². The van der Waals surface area contributed by atoms with Gasteiger partial charge < -0.3 is 0 Å². The molecule has 0 atom stereocenters. The van der Waals surface area contributed by atoms with Crippen molar-refractivity contribution < 1.29 is 22.8 Å². The molecule has 0 aromatic heterocycles. The van der Waals surface area contributed by atoms with Crippen molar-refractivity contribution in [3.8, 4) is 0 Å². The first-order chi connectivity index (χ1) is 11.2. The van der Waals surface area contributed by atoms with E-state index in [2.05, 4.69) is 10.9 Å². The predicted octanol–water partition coefficient (Wildman–Crippen LogP) is 0.0671. The Labute approximate surface area is 140 Å². The lowest BCUT2D eigenvalue weighted by atomic mass is 10.2. The van der Waals surface area contributed by atoms with E-state index < -0.39 is 22.5 Å². The molecule has 9 heteroatoms. The molecule has 8 nitrogen and oxygen atoms in total. The summed E-state index contributed by atoms with van der Waals surface area (Å²) >= 11 is 0. The quantitative estimate of drug-likeness (QED) is 0.555. The number of ketones is 1. The Morgan fingerprint density at radius 2 is 1.71 bits per heavy atom. The normalized spacial score (nSPS) is 14.3. The highest BCUT2D eigenvalue weighted by Crippen LogP contribution is 2.28. The average molecular weight is 353 g/mol. The number of hydrazine groups is 1. The van der Waals surface area contributed by atoms with Gasteiger partial charge in [0.25, 0.3) is 5.91 Å². The van der Waals surface area contributed by atoms with E-state index in [1.165, 1.54) is 38.2 Å².